The van der Waals surface area contributed by atoms with Crippen LogP contribution < -0.4 is 0 Å². The molecule has 0 heterocycles. The fraction of sp³-hybridized carbons (Fsp3) is 0.833. The van der Waals surface area contributed by atoms with Crippen molar-refractivity contribution in [3.8, 4) is 0 Å². The fourth-order valence-electron chi connectivity index (χ4n) is 0.690. The monoisotopic (exact) mass is 180 g/mol. The van der Waals surface area contributed by atoms with Gasteiger partial charge in [0.2, 0.25) is 7.37 Å². The lowest BCUT2D eigenvalue weighted by Crippen LogP contribution is -2.07. The van der Waals surface area contributed by atoms with Crippen LogP contribution >= 0.6 is 7.37 Å². The zero-order valence-corrected chi connectivity index (χ0v) is 7.63. The summed E-state index contributed by atoms with van der Waals surface area (Å²) in [6, 6.07) is 0. The predicted octanol–water partition coefficient (Wildman–Crippen LogP) is 1.41. The summed E-state index contributed by atoms with van der Waals surface area (Å²) in [5.74, 6) is -1.07. The molecule has 5 heteroatoms. The molecule has 0 rings (SSSR count). The Morgan fingerprint density at radius 1 is 1.55 bits per heavy atom. The van der Waals surface area contributed by atoms with Gasteiger partial charge < -0.3 is 9.63 Å². The van der Waals surface area contributed by atoms with Crippen molar-refractivity contribution in [2.24, 2.45) is 0 Å². The first-order valence-electron chi connectivity index (χ1n) is 3.48. The molecule has 0 aliphatic heterocycles. The maximum atomic E-state index is 11.4. The first kappa shape index (κ1) is 10.7. The highest BCUT2D eigenvalue weighted by Crippen LogP contribution is 2.45. The topological polar surface area (TPSA) is 63.6 Å². The summed E-state index contributed by atoms with van der Waals surface area (Å²) in [7, 11) is -2.86. The van der Waals surface area contributed by atoms with E-state index in [4.69, 9.17) is 9.63 Å². The van der Waals surface area contributed by atoms with Gasteiger partial charge in [-0.1, -0.05) is 6.92 Å². The summed E-state index contributed by atoms with van der Waals surface area (Å²) >= 11 is 0. The second kappa shape index (κ2) is 4.52. The summed E-state index contributed by atoms with van der Waals surface area (Å²) in [6.07, 6.45) is -0.0789. The summed E-state index contributed by atoms with van der Waals surface area (Å²) in [6.45, 7) is 3.67. The third-order valence-corrected chi connectivity index (χ3v) is 3.67. The third-order valence-electron chi connectivity index (χ3n) is 1.22. The molecule has 0 bridgehead atoms. The van der Waals surface area contributed by atoms with Crippen LogP contribution in [-0.2, 0) is 13.9 Å². The van der Waals surface area contributed by atoms with Crippen molar-refractivity contribution in [3.05, 3.63) is 0 Å². The fourth-order valence-corrected chi connectivity index (χ4v) is 2.07. The lowest BCUT2D eigenvalue weighted by Gasteiger charge is -2.12. The Morgan fingerprint density at radius 3 is 2.36 bits per heavy atom. The SMILES string of the molecule is CCO[P@@](=O)(CC)CC(=O)O. The van der Waals surface area contributed by atoms with Crippen LogP contribution in [0.15, 0.2) is 0 Å². The zero-order valence-electron chi connectivity index (χ0n) is 6.74. The average molecular weight is 180 g/mol. The molecular weight excluding hydrogens is 167 g/mol. The van der Waals surface area contributed by atoms with Gasteiger partial charge in [-0.05, 0) is 6.92 Å². The number of rotatable bonds is 5. The molecule has 0 saturated heterocycles. The molecule has 0 spiro atoms. The van der Waals surface area contributed by atoms with Crippen LogP contribution in [0, 0.1) is 0 Å². The second-order valence-corrected chi connectivity index (χ2v) is 4.94. The highest BCUT2D eigenvalue weighted by molar-refractivity contribution is 7.59. The summed E-state index contributed by atoms with van der Waals surface area (Å²) < 4.78 is 16.3. The molecule has 0 unspecified atom stereocenters. The Kier molecular flexibility index (Phi) is 4.38. The maximum Gasteiger partial charge on any atom is 0.313 e. The van der Waals surface area contributed by atoms with Crippen molar-refractivity contribution in [2.45, 2.75) is 13.8 Å². The van der Waals surface area contributed by atoms with E-state index in [2.05, 4.69) is 0 Å². The van der Waals surface area contributed by atoms with Gasteiger partial charge in [-0.25, -0.2) is 0 Å². The van der Waals surface area contributed by atoms with Gasteiger partial charge in [-0.2, -0.15) is 0 Å². The molecule has 0 aromatic rings. The molecule has 1 atom stereocenters. The number of hydrogen-bond acceptors (Lipinski definition) is 3. The lowest BCUT2D eigenvalue weighted by atomic mass is 10.8. The van der Waals surface area contributed by atoms with Crippen molar-refractivity contribution < 1.29 is 19.0 Å². The lowest BCUT2D eigenvalue weighted by molar-refractivity contribution is -0.134. The molecule has 0 aliphatic rings. The molecule has 0 aromatic heterocycles. The van der Waals surface area contributed by atoms with Gasteiger partial charge in [-0.3, -0.25) is 9.36 Å². The first-order valence-corrected chi connectivity index (χ1v) is 5.48. The number of carboxylic acid groups (broad SMARTS) is 1. The highest BCUT2D eigenvalue weighted by atomic mass is 31.2. The summed E-state index contributed by atoms with van der Waals surface area (Å²) in [5.41, 5.74) is 0. The van der Waals surface area contributed by atoms with Crippen LogP contribution in [0.4, 0.5) is 0 Å². The molecular formula is C6H13O4P. The van der Waals surface area contributed by atoms with E-state index in [-0.39, 0.29) is 12.3 Å². The molecule has 11 heavy (non-hydrogen) atoms. The van der Waals surface area contributed by atoms with Crippen molar-refractivity contribution in [2.75, 3.05) is 18.9 Å². The molecule has 0 radical (unpaired) electrons. The van der Waals surface area contributed by atoms with E-state index in [0.717, 1.165) is 0 Å². The first-order chi connectivity index (χ1) is 5.04. The zero-order chi connectivity index (χ0) is 8.91. The van der Waals surface area contributed by atoms with E-state index >= 15 is 0 Å². The van der Waals surface area contributed by atoms with Crippen LogP contribution in [0.25, 0.3) is 0 Å². The van der Waals surface area contributed by atoms with Gasteiger partial charge in [0.15, 0.2) is 0 Å². The van der Waals surface area contributed by atoms with Gasteiger partial charge in [0, 0.05) is 6.16 Å². The van der Waals surface area contributed by atoms with Crippen molar-refractivity contribution >= 4 is 13.3 Å². The van der Waals surface area contributed by atoms with Crippen molar-refractivity contribution in [1.82, 2.24) is 0 Å². The Bertz CT molecular complexity index is 177. The molecule has 0 saturated carbocycles. The standard InChI is InChI=1S/C6H13O4P/c1-3-10-11(9,4-2)5-6(7)8/h3-5H2,1-2H3,(H,7,8)/t11-/m0/s1. The van der Waals surface area contributed by atoms with Gasteiger partial charge in [0.1, 0.15) is 6.16 Å². The maximum absolute atomic E-state index is 11.4. The Hall–Kier alpha value is -0.340. The van der Waals surface area contributed by atoms with E-state index in [1.165, 1.54) is 0 Å². The van der Waals surface area contributed by atoms with E-state index in [1.54, 1.807) is 13.8 Å². The average Bonchev–Trinajstić information content (AvgIpc) is 1.87. The smallest absolute Gasteiger partial charge is 0.313 e. The van der Waals surface area contributed by atoms with Crippen LogP contribution in [0.1, 0.15) is 13.8 Å². The van der Waals surface area contributed by atoms with E-state index in [1.807, 2.05) is 0 Å². The normalized spacial score (nSPS) is 15.8. The molecule has 0 aliphatic carbocycles. The molecule has 1 N–H and O–H groups in total. The van der Waals surface area contributed by atoms with Crippen LogP contribution in [-0.4, -0.2) is 30.0 Å². The van der Waals surface area contributed by atoms with E-state index in [0.29, 0.717) is 6.61 Å². The summed E-state index contributed by atoms with van der Waals surface area (Å²) in [5, 5.41) is 8.35. The minimum Gasteiger partial charge on any atom is -0.481 e. The number of carbonyl (C=O) groups is 1. The van der Waals surface area contributed by atoms with Crippen LogP contribution in [0.2, 0.25) is 0 Å². The summed E-state index contributed by atoms with van der Waals surface area (Å²) in [4.78, 5) is 10.2. The predicted molar refractivity (Wildman–Crippen MR) is 42.3 cm³/mol. The highest BCUT2D eigenvalue weighted by Gasteiger charge is 2.23. The minimum atomic E-state index is -2.86. The minimum absolute atomic E-state index is 0.285. The quantitative estimate of drug-likeness (QED) is 0.649. The van der Waals surface area contributed by atoms with Crippen LogP contribution in [0.5, 0.6) is 0 Å². The van der Waals surface area contributed by atoms with Gasteiger partial charge >= 0.3 is 5.97 Å². The molecule has 66 valence electrons. The van der Waals surface area contributed by atoms with Gasteiger partial charge in [0.25, 0.3) is 0 Å². The number of hydrogen-bond donors (Lipinski definition) is 1. The largest absolute Gasteiger partial charge is 0.481 e. The molecule has 4 nitrogen and oxygen atoms in total. The third kappa shape index (κ3) is 4.17. The molecule has 0 fully saturated rings. The Morgan fingerprint density at radius 2 is 2.09 bits per heavy atom. The van der Waals surface area contributed by atoms with E-state index < -0.39 is 13.3 Å². The molecule has 0 aromatic carbocycles. The molecule has 0 amide bonds. The Balaban J connectivity index is 4.10. The van der Waals surface area contributed by atoms with Crippen LogP contribution in [0.3, 0.4) is 0 Å². The van der Waals surface area contributed by atoms with E-state index in [9.17, 15) is 9.36 Å². The van der Waals surface area contributed by atoms with Gasteiger partial charge in [0.05, 0.1) is 6.61 Å². The number of aliphatic carboxylic acids is 1. The van der Waals surface area contributed by atoms with Gasteiger partial charge in [-0.15, -0.1) is 0 Å². The second-order valence-electron chi connectivity index (χ2n) is 2.10. The van der Waals surface area contributed by atoms with Crippen molar-refractivity contribution in [3.63, 3.8) is 0 Å². The number of carboxylic acids is 1. The van der Waals surface area contributed by atoms with Crippen molar-refractivity contribution in [1.29, 1.82) is 0 Å². The Labute approximate surface area is 66.0 Å².